The quantitative estimate of drug-likeness (QED) is 0.790. The van der Waals surface area contributed by atoms with Gasteiger partial charge >= 0.3 is 0 Å². The second-order valence-electron chi connectivity index (χ2n) is 5.48. The number of para-hydroxylation sites is 2. The molecule has 9 heteroatoms. The topological polar surface area (TPSA) is 93.7 Å². The van der Waals surface area contributed by atoms with Crippen LogP contribution in [-0.4, -0.2) is 33.6 Å². The highest BCUT2D eigenvalue weighted by Gasteiger charge is 2.24. The highest BCUT2D eigenvalue weighted by atomic mass is 32.2. The standard InChI is InChI=1S/C16H18N2O5S2/c1-11(19)17-9-13-6-7-16(24-13)25(20,21)18-8-12-10-22-14-4-2-3-5-15(14)23-12/h2-7,12,18H,8-10H2,1H3,(H,17,19)/t12-/m1/s1. The van der Waals surface area contributed by atoms with Crippen LogP contribution in [0.3, 0.4) is 0 Å². The molecule has 0 unspecified atom stereocenters. The average molecular weight is 382 g/mol. The van der Waals surface area contributed by atoms with Crippen LogP contribution >= 0.6 is 11.3 Å². The molecule has 3 rings (SSSR count). The predicted octanol–water partition coefficient (Wildman–Crippen LogP) is 1.50. The normalized spacial score (nSPS) is 16.4. The first-order valence-electron chi connectivity index (χ1n) is 7.65. The Hall–Kier alpha value is -2.10. The number of carbonyl (C=O) groups excluding carboxylic acids is 1. The van der Waals surface area contributed by atoms with E-state index in [2.05, 4.69) is 10.0 Å². The van der Waals surface area contributed by atoms with Crippen molar-refractivity contribution in [2.24, 2.45) is 0 Å². The van der Waals surface area contributed by atoms with E-state index >= 15 is 0 Å². The molecule has 7 nitrogen and oxygen atoms in total. The molecule has 1 aliphatic heterocycles. The van der Waals surface area contributed by atoms with Crippen molar-refractivity contribution < 1.29 is 22.7 Å². The van der Waals surface area contributed by atoms with Crippen molar-refractivity contribution >= 4 is 27.3 Å². The van der Waals surface area contributed by atoms with Crippen molar-refractivity contribution in [2.45, 2.75) is 23.8 Å². The summed E-state index contributed by atoms with van der Waals surface area (Å²) in [4.78, 5) is 11.7. The largest absolute Gasteiger partial charge is 0.486 e. The zero-order chi connectivity index (χ0) is 17.9. The van der Waals surface area contributed by atoms with Crippen LogP contribution in [0, 0.1) is 0 Å². The van der Waals surface area contributed by atoms with E-state index in [0.717, 1.165) is 16.2 Å². The third-order valence-electron chi connectivity index (χ3n) is 3.48. The lowest BCUT2D eigenvalue weighted by atomic mass is 10.2. The molecule has 0 radical (unpaired) electrons. The molecule has 134 valence electrons. The van der Waals surface area contributed by atoms with Crippen LogP contribution in [0.4, 0.5) is 0 Å². The molecule has 0 aliphatic carbocycles. The van der Waals surface area contributed by atoms with Gasteiger partial charge in [0.15, 0.2) is 11.5 Å². The van der Waals surface area contributed by atoms with Gasteiger partial charge in [0.2, 0.25) is 15.9 Å². The van der Waals surface area contributed by atoms with Gasteiger partial charge in [0.05, 0.1) is 13.1 Å². The van der Waals surface area contributed by atoms with Crippen molar-refractivity contribution in [3.05, 3.63) is 41.3 Å². The number of fused-ring (bicyclic) bond motifs is 1. The first-order valence-corrected chi connectivity index (χ1v) is 9.95. The van der Waals surface area contributed by atoms with E-state index in [1.165, 1.54) is 13.0 Å². The lowest BCUT2D eigenvalue weighted by Gasteiger charge is -2.26. The molecule has 0 spiro atoms. The Morgan fingerprint density at radius 3 is 2.76 bits per heavy atom. The number of rotatable bonds is 6. The Labute approximate surface area is 150 Å². The van der Waals surface area contributed by atoms with Crippen molar-refractivity contribution in [2.75, 3.05) is 13.2 Å². The lowest BCUT2D eigenvalue weighted by Crippen LogP contribution is -2.40. The van der Waals surface area contributed by atoms with Gasteiger partial charge < -0.3 is 14.8 Å². The minimum Gasteiger partial charge on any atom is -0.486 e. The van der Waals surface area contributed by atoms with E-state index in [1.54, 1.807) is 18.2 Å². The van der Waals surface area contributed by atoms with E-state index < -0.39 is 16.1 Å². The fraction of sp³-hybridized carbons (Fsp3) is 0.312. The fourth-order valence-corrected chi connectivity index (χ4v) is 4.65. The number of amides is 1. The monoisotopic (exact) mass is 382 g/mol. The average Bonchev–Trinajstić information content (AvgIpc) is 3.08. The molecule has 0 bridgehead atoms. The number of ether oxygens (including phenoxy) is 2. The van der Waals surface area contributed by atoms with Crippen LogP contribution in [0.2, 0.25) is 0 Å². The van der Waals surface area contributed by atoms with Crippen LogP contribution in [0.5, 0.6) is 11.5 Å². The van der Waals surface area contributed by atoms with Gasteiger partial charge in [0, 0.05) is 11.8 Å². The van der Waals surface area contributed by atoms with Crippen LogP contribution in [0.25, 0.3) is 0 Å². The Kier molecular flexibility index (Phi) is 5.26. The summed E-state index contributed by atoms with van der Waals surface area (Å²) in [7, 11) is -3.63. The smallest absolute Gasteiger partial charge is 0.250 e. The lowest BCUT2D eigenvalue weighted by molar-refractivity contribution is -0.119. The van der Waals surface area contributed by atoms with Gasteiger partial charge in [-0.1, -0.05) is 12.1 Å². The van der Waals surface area contributed by atoms with E-state index in [0.29, 0.717) is 18.0 Å². The van der Waals surface area contributed by atoms with Crippen molar-refractivity contribution in [1.82, 2.24) is 10.0 Å². The molecule has 25 heavy (non-hydrogen) atoms. The van der Waals surface area contributed by atoms with Crippen LogP contribution in [-0.2, 0) is 21.4 Å². The molecule has 0 saturated heterocycles. The SMILES string of the molecule is CC(=O)NCc1ccc(S(=O)(=O)NC[C@@H]2COc3ccccc3O2)s1. The van der Waals surface area contributed by atoms with E-state index in [-0.39, 0.29) is 23.3 Å². The molecule has 2 N–H and O–H groups in total. The number of thiophene rings is 1. The van der Waals surface area contributed by atoms with Gasteiger partial charge in [0.1, 0.15) is 16.9 Å². The van der Waals surface area contributed by atoms with Crippen molar-refractivity contribution in [3.8, 4) is 11.5 Å². The summed E-state index contributed by atoms with van der Waals surface area (Å²) in [5.41, 5.74) is 0. The summed E-state index contributed by atoms with van der Waals surface area (Å²) in [5.74, 6) is 1.10. The number of hydrogen-bond acceptors (Lipinski definition) is 6. The summed E-state index contributed by atoms with van der Waals surface area (Å²) >= 11 is 1.12. The molecule has 1 aromatic carbocycles. The number of benzene rings is 1. The molecule has 1 aliphatic rings. The molecule has 1 atom stereocenters. The summed E-state index contributed by atoms with van der Waals surface area (Å²) < 4.78 is 38.8. The predicted molar refractivity (Wildman–Crippen MR) is 93.4 cm³/mol. The van der Waals surface area contributed by atoms with Gasteiger partial charge in [0.25, 0.3) is 0 Å². The molecule has 1 amide bonds. The van der Waals surface area contributed by atoms with Crippen molar-refractivity contribution in [1.29, 1.82) is 0 Å². The van der Waals surface area contributed by atoms with E-state index in [4.69, 9.17) is 9.47 Å². The van der Waals surface area contributed by atoms with Gasteiger partial charge in [-0.25, -0.2) is 13.1 Å². The number of carbonyl (C=O) groups is 1. The summed E-state index contributed by atoms with van der Waals surface area (Å²) in [5, 5.41) is 2.64. The molecule has 1 aromatic heterocycles. The number of sulfonamides is 1. The highest BCUT2D eigenvalue weighted by Crippen LogP contribution is 2.30. The third-order valence-corrected chi connectivity index (χ3v) is 6.48. The fourth-order valence-electron chi connectivity index (χ4n) is 2.25. The summed E-state index contributed by atoms with van der Waals surface area (Å²) in [6.07, 6.45) is -0.400. The first kappa shape index (κ1) is 17.7. The van der Waals surface area contributed by atoms with Gasteiger partial charge in [-0.05, 0) is 24.3 Å². The van der Waals surface area contributed by atoms with Crippen LogP contribution in [0.1, 0.15) is 11.8 Å². The Balaban J connectivity index is 1.58. The second-order valence-corrected chi connectivity index (χ2v) is 8.64. The second kappa shape index (κ2) is 7.42. The maximum atomic E-state index is 12.4. The molecular formula is C16H18N2O5S2. The Morgan fingerprint density at radius 1 is 1.24 bits per heavy atom. The van der Waals surface area contributed by atoms with Gasteiger partial charge in [-0.15, -0.1) is 11.3 Å². The Morgan fingerprint density at radius 2 is 2.00 bits per heavy atom. The number of hydrogen-bond donors (Lipinski definition) is 2. The third kappa shape index (κ3) is 4.50. The maximum absolute atomic E-state index is 12.4. The summed E-state index contributed by atoms with van der Waals surface area (Å²) in [6.45, 7) is 2.11. The maximum Gasteiger partial charge on any atom is 0.250 e. The molecule has 0 fully saturated rings. The molecular weight excluding hydrogens is 364 g/mol. The molecule has 2 heterocycles. The zero-order valence-corrected chi connectivity index (χ0v) is 15.2. The van der Waals surface area contributed by atoms with Gasteiger partial charge in [-0.3, -0.25) is 4.79 Å². The van der Waals surface area contributed by atoms with Crippen molar-refractivity contribution in [3.63, 3.8) is 0 Å². The minimum absolute atomic E-state index is 0.107. The zero-order valence-electron chi connectivity index (χ0n) is 13.5. The Bertz CT molecular complexity index is 863. The van der Waals surface area contributed by atoms with Gasteiger partial charge in [-0.2, -0.15) is 0 Å². The molecule has 0 saturated carbocycles. The van der Waals surface area contributed by atoms with Crippen LogP contribution < -0.4 is 19.5 Å². The minimum atomic E-state index is -3.63. The summed E-state index contributed by atoms with van der Waals surface area (Å²) in [6, 6.07) is 10.5. The highest BCUT2D eigenvalue weighted by molar-refractivity contribution is 7.91. The van der Waals surface area contributed by atoms with E-state index in [1.807, 2.05) is 12.1 Å². The molecule has 2 aromatic rings. The first-order chi connectivity index (χ1) is 11.9. The van der Waals surface area contributed by atoms with E-state index in [9.17, 15) is 13.2 Å². The van der Waals surface area contributed by atoms with Crippen LogP contribution in [0.15, 0.2) is 40.6 Å². The number of nitrogens with one attached hydrogen (secondary N) is 2.